The van der Waals surface area contributed by atoms with Crippen molar-refractivity contribution < 1.29 is 34.1 Å². The standard InChI is InChI=1S/C31H33N3O7/c1-18-27(31(39)34-30(18)38)29(37)28(21-9-5-6-10-21)33-26(36)16-22(20-7-3-2-4-8-20)32-25(35)14-12-19-11-13-23-24(15-19)41-17-40-23/h2-4,7-8,11-15,21-22,28,34,38-39H,5-6,9-10,16-17H2,1H3,(H,32,35)(H,33,36)/t22-,28-/m0/s1. The highest BCUT2D eigenvalue weighted by atomic mass is 16.7. The number of aromatic nitrogens is 1. The van der Waals surface area contributed by atoms with E-state index < -0.39 is 35.6 Å². The van der Waals surface area contributed by atoms with E-state index in [2.05, 4.69) is 15.6 Å². The van der Waals surface area contributed by atoms with Crippen molar-refractivity contribution in [1.82, 2.24) is 15.6 Å². The fraction of sp³-hybridized carbons (Fsp3) is 0.323. The van der Waals surface area contributed by atoms with E-state index in [-0.39, 0.29) is 36.1 Å². The Bertz CT molecular complexity index is 1460. The molecule has 0 saturated heterocycles. The molecule has 2 aromatic carbocycles. The lowest BCUT2D eigenvalue weighted by molar-refractivity contribution is -0.123. The molecule has 5 N–H and O–H groups in total. The smallest absolute Gasteiger partial charge is 0.244 e. The fourth-order valence-electron chi connectivity index (χ4n) is 5.47. The Labute approximate surface area is 237 Å². The van der Waals surface area contributed by atoms with Gasteiger partial charge in [-0.05, 0) is 55.0 Å². The van der Waals surface area contributed by atoms with Crippen LogP contribution >= 0.6 is 0 Å². The summed E-state index contributed by atoms with van der Waals surface area (Å²) >= 11 is 0. The fourth-order valence-corrected chi connectivity index (χ4v) is 5.47. The van der Waals surface area contributed by atoms with Gasteiger partial charge in [0.2, 0.25) is 24.5 Å². The lowest BCUT2D eigenvalue weighted by Crippen LogP contribution is -2.46. The minimum Gasteiger partial charge on any atom is -0.494 e. The Morgan fingerprint density at radius 2 is 1.73 bits per heavy atom. The number of ether oxygens (including phenoxy) is 2. The van der Waals surface area contributed by atoms with Gasteiger partial charge in [-0.1, -0.05) is 49.2 Å². The number of aromatic hydroxyl groups is 2. The molecule has 10 nitrogen and oxygen atoms in total. The predicted octanol–water partition coefficient (Wildman–Crippen LogP) is 4.28. The van der Waals surface area contributed by atoms with Gasteiger partial charge >= 0.3 is 0 Å². The highest BCUT2D eigenvalue weighted by Crippen LogP contribution is 2.35. The summed E-state index contributed by atoms with van der Waals surface area (Å²) in [6.45, 7) is 1.69. The predicted molar refractivity (Wildman–Crippen MR) is 151 cm³/mol. The van der Waals surface area contributed by atoms with E-state index in [4.69, 9.17) is 9.47 Å². The van der Waals surface area contributed by atoms with Crippen LogP contribution in [0.5, 0.6) is 23.3 Å². The van der Waals surface area contributed by atoms with E-state index in [0.717, 1.165) is 36.8 Å². The first-order valence-corrected chi connectivity index (χ1v) is 13.7. The van der Waals surface area contributed by atoms with Gasteiger partial charge in [-0.25, -0.2) is 0 Å². The number of rotatable bonds is 10. The van der Waals surface area contributed by atoms with E-state index >= 15 is 0 Å². The molecule has 1 aliphatic carbocycles. The summed E-state index contributed by atoms with van der Waals surface area (Å²) in [4.78, 5) is 42.2. The minimum absolute atomic E-state index is 0.0266. The van der Waals surface area contributed by atoms with Crippen LogP contribution in [0.1, 0.15) is 65.2 Å². The van der Waals surface area contributed by atoms with Gasteiger partial charge < -0.3 is 30.3 Å². The van der Waals surface area contributed by atoms with Gasteiger partial charge in [-0.15, -0.1) is 0 Å². The maximum Gasteiger partial charge on any atom is 0.244 e. The molecule has 1 saturated carbocycles. The van der Waals surface area contributed by atoms with Crippen LogP contribution in [0.4, 0.5) is 0 Å². The molecule has 0 unspecified atom stereocenters. The number of amides is 2. The van der Waals surface area contributed by atoms with Crippen LogP contribution in [0.2, 0.25) is 0 Å². The Kier molecular flexibility index (Phi) is 8.28. The molecular weight excluding hydrogens is 526 g/mol. The number of carbonyl (C=O) groups excluding carboxylic acids is 3. The molecule has 3 aromatic rings. The van der Waals surface area contributed by atoms with E-state index in [9.17, 15) is 24.6 Å². The third-order valence-electron chi connectivity index (χ3n) is 7.65. The highest BCUT2D eigenvalue weighted by Gasteiger charge is 2.36. The van der Waals surface area contributed by atoms with Gasteiger partial charge in [0, 0.05) is 11.6 Å². The van der Waals surface area contributed by atoms with Gasteiger partial charge in [-0.3, -0.25) is 19.4 Å². The van der Waals surface area contributed by atoms with Crippen LogP contribution in [-0.2, 0) is 9.59 Å². The van der Waals surface area contributed by atoms with Crippen LogP contribution in [0, 0.1) is 12.8 Å². The summed E-state index contributed by atoms with van der Waals surface area (Å²) < 4.78 is 10.7. The van der Waals surface area contributed by atoms with Gasteiger partial charge in [0.1, 0.15) is 0 Å². The lowest BCUT2D eigenvalue weighted by Gasteiger charge is -2.25. The SMILES string of the molecule is Cc1c(O)[nH]c(O)c1C(=O)[C@@H](NC(=O)C[C@H](NC(=O)C=Cc1ccc2c(c1)OCO2)c1ccccc1)C1CCCC1. The zero-order chi connectivity index (χ0) is 28.9. The number of nitrogens with one attached hydrogen (secondary N) is 3. The molecule has 0 spiro atoms. The minimum atomic E-state index is -0.872. The number of H-pyrrole nitrogens is 1. The summed E-state index contributed by atoms with van der Waals surface area (Å²) in [5.41, 5.74) is 1.70. The van der Waals surface area contributed by atoms with Crippen molar-refractivity contribution >= 4 is 23.7 Å². The number of ketones is 1. The van der Waals surface area contributed by atoms with Crippen molar-refractivity contribution in [3.63, 3.8) is 0 Å². The molecule has 1 aromatic heterocycles. The maximum absolute atomic E-state index is 13.5. The molecule has 2 atom stereocenters. The summed E-state index contributed by atoms with van der Waals surface area (Å²) in [6, 6.07) is 13.0. The highest BCUT2D eigenvalue weighted by molar-refractivity contribution is 6.05. The first-order valence-electron chi connectivity index (χ1n) is 13.7. The second-order valence-corrected chi connectivity index (χ2v) is 10.4. The van der Waals surface area contributed by atoms with Gasteiger partial charge in [0.25, 0.3) is 0 Å². The molecule has 5 rings (SSSR count). The Morgan fingerprint density at radius 3 is 2.44 bits per heavy atom. The Hall–Kier alpha value is -4.73. The molecule has 0 radical (unpaired) electrons. The monoisotopic (exact) mass is 559 g/mol. The molecule has 1 aliphatic heterocycles. The molecule has 2 aliphatic rings. The number of carbonyl (C=O) groups is 3. The number of aromatic amines is 1. The molecule has 1 fully saturated rings. The second-order valence-electron chi connectivity index (χ2n) is 10.4. The van der Waals surface area contributed by atoms with Gasteiger partial charge in [-0.2, -0.15) is 0 Å². The number of Topliss-reactive ketones (excluding diaryl/α,β-unsaturated/α-hetero) is 1. The largest absolute Gasteiger partial charge is 0.494 e. The number of fused-ring (bicyclic) bond motifs is 1. The quantitative estimate of drug-likeness (QED) is 0.184. The number of hydrogen-bond donors (Lipinski definition) is 5. The van der Waals surface area contributed by atoms with Crippen molar-refractivity contribution in [2.45, 2.75) is 51.1 Å². The van der Waals surface area contributed by atoms with Crippen LogP contribution in [0.15, 0.2) is 54.6 Å². The summed E-state index contributed by atoms with van der Waals surface area (Å²) in [5, 5.41) is 26.0. The summed E-state index contributed by atoms with van der Waals surface area (Å²) in [7, 11) is 0. The molecule has 214 valence electrons. The average Bonchev–Trinajstić information content (AvgIpc) is 3.71. The zero-order valence-corrected chi connectivity index (χ0v) is 22.7. The molecule has 41 heavy (non-hydrogen) atoms. The van der Waals surface area contributed by atoms with Crippen LogP contribution < -0.4 is 20.1 Å². The van der Waals surface area contributed by atoms with Gasteiger partial charge in [0.05, 0.1) is 24.1 Å². The Balaban J connectivity index is 1.31. The van der Waals surface area contributed by atoms with E-state index in [1.807, 2.05) is 36.4 Å². The molecule has 2 amide bonds. The van der Waals surface area contributed by atoms with Crippen LogP contribution in [0.3, 0.4) is 0 Å². The summed E-state index contributed by atoms with van der Waals surface area (Å²) in [6.07, 6.45) is 6.33. The normalized spacial score (nSPS) is 16.0. The number of benzene rings is 2. The molecular formula is C31H33N3O7. The second kappa shape index (κ2) is 12.2. The maximum atomic E-state index is 13.5. The van der Waals surface area contributed by atoms with E-state index in [1.54, 1.807) is 18.2 Å². The Morgan fingerprint density at radius 1 is 1.00 bits per heavy atom. The van der Waals surface area contributed by atoms with E-state index in [0.29, 0.717) is 11.5 Å². The van der Waals surface area contributed by atoms with Crippen LogP contribution in [0.25, 0.3) is 6.08 Å². The molecule has 10 heteroatoms. The van der Waals surface area contributed by atoms with Crippen LogP contribution in [-0.4, -0.2) is 45.6 Å². The van der Waals surface area contributed by atoms with Crippen molar-refractivity contribution in [3.8, 4) is 23.3 Å². The third kappa shape index (κ3) is 6.37. The summed E-state index contributed by atoms with van der Waals surface area (Å²) in [5.74, 6) is -0.822. The lowest BCUT2D eigenvalue weighted by atomic mass is 9.90. The molecule has 2 heterocycles. The topological polar surface area (TPSA) is 150 Å². The van der Waals surface area contributed by atoms with Crippen molar-refractivity contribution in [3.05, 3.63) is 76.9 Å². The first-order chi connectivity index (χ1) is 19.8. The van der Waals surface area contributed by atoms with Crippen molar-refractivity contribution in [2.24, 2.45) is 5.92 Å². The number of hydrogen-bond acceptors (Lipinski definition) is 7. The first kappa shape index (κ1) is 27.8. The zero-order valence-electron chi connectivity index (χ0n) is 22.7. The van der Waals surface area contributed by atoms with E-state index in [1.165, 1.54) is 13.0 Å². The average molecular weight is 560 g/mol. The third-order valence-corrected chi connectivity index (χ3v) is 7.65. The van der Waals surface area contributed by atoms with Crippen molar-refractivity contribution in [2.75, 3.05) is 6.79 Å². The molecule has 0 bridgehead atoms. The van der Waals surface area contributed by atoms with Crippen molar-refractivity contribution in [1.29, 1.82) is 0 Å². The van der Waals surface area contributed by atoms with Gasteiger partial charge in [0.15, 0.2) is 23.2 Å².